The molecule has 0 saturated carbocycles. The monoisotopic (exact) mass is 248 g/mol. The molecule has 2 heteroatoms. The van der Waals surface area contributed by atoms with Crippen LogP contribution in [0, 0.1) is 5.92 Å². The molecule has 0 amide bonds. The van der Waals surface area contributed by atoms with E-state index in [0.717, 1.165) is 31.8 Å². The summed E-state index contributed by atoms with van der Waals surface area (Å²) in [5.41, 5.74) is 7.25. The van der Waals surface area contributed by atoms with Gasteiger partial charge in [-0.25, -0.2) is 0 Å². The van der Waals surface area contributed by atoms with E-state index < -0.39 is 0 Å². The minimum absolute atomic E-state index is 0.450. The lowest BCUT2D eigenvalue weighted by Crippen LogP contribution is -2.39. The van der Waals surface area contributed by atoms with E-state index in [4.69, 9.17) is 5.73 Å². The summed E-state index contributed by atoms with van der Waals surface area (Å²) in [4.78, 5) is 0. The fourth-order valence-corrected chi connectivity index (χ4v) is 2.20. The van der Waals surface area contributed by atoms with Crippen LogP contribution in [-0.4, -0.2) is 19.1 Å². The fourth-order valence-electron chi connectivity index (χ4n) is 2.20. The number of hydrogen-bond acceptors (Lipinski definition) is 2. The molecule has 0 aromatic heterocycles. The first-order valence-corrected chi connectivity index (χ1v) is 7.27. The topological polar surface area (TPSA) is 38.0 Å². The van der Waals surface area contributed by atoms with Crippen molar-refractivity contribution in [2.45, 2.75) is 45.6 Å². The molecule has 0 aliphatic heterocycles. The lowest BCUT2D eigenvalue weighted by molar-refractivity contribution is 0.398. The molecule has 0 aliphatic carbocycles. The van der Waals surface area contributed by atoms with Gasteiger partial charge in [-0.3, -0.25) is 0 Å². The molecule has 0 spiro atoms. The summed E-state index contributed by atoms with van der Waals surface area (Å²) in [7, 11) is 0. The van der Waals surface area contributed by atoms with Crippen molar-refractivity contribution in [2.75, 3.05) is 13.1 Å². The minimum atomic E-state index is 0.450. The Labute approximate surface area is 112 Å². The first-order chi connectivity index (χ1) is 8.80. The Hall–Kier alpha value is -0.860. The summed E-state index contributed by atoms with van der Waals surface area (Å²) in [5, 5.41) is 3.62. The summed E-state index contributed by atoms with van der Waals surface area (Å²) >= 11 is 0. The maximum Gasteiger partial charge on any atom is 0.0193 e. The molecular formula is C16H28N2. The van der Waals surface area contributed by atoms with Gasteiger partial charge in [0.1, 0.15) is 0 Å². The van der Waals surface area contributed by atoms with E-state index in [1.54, 1.807) is 0 Å². The van der Waals surface area contributed by atoms with Crippen molar-refractivity contribution in [3.8, 4) is 0 Å². The van der Waals surface area contributed by atoms with Crippen LogP contribution in [0.4, 0.5) is 0 Å². The van der Waals surface area contributed by atoms with Crippen LogP contribution in [0.3, 0.4) is 0 Å². The molecule has 102 valence electrons. The van der Waals surface area contributed by atoms with Gasteiger partial charge in [-0.05, 0) is 30.9 Å². The summed E-state index contributed by atoms with van der Waals surface area (Å²) in [6.45, 7) is 6.35. The molecule has 0 fully saturated rings. The summed E-state index contributed by atoms with van der Waals surface area (Å²) in [6, 6.07) is 11.1. The average molecular weight is 248 g/mol. The molecule has 0 bridgehead atoms. The van der Waals surface area contributed by atoms with E-state index in [9.17, 15) is 0 Å². The third kappa shape index (κ3) is 5.65. The van der Waals surface area contributed by atoms with E-state index in [1.165, 1.54) is 18.4 Å². The third-order valence-corrected chi connectivity index (χ3v) is 3.76. The van der Waals surface area contributed by atoms with Crippen molar-refractivity contribution in [2.24, 2.45) is 11.7 Å². The van der Waals surface area contributed by atoms with Crippen LogP contribution in [0.5, 0.6) is 0 Å². The zero-order valence-electron chi connectivity index (χ0n) is 11.9. The molecule has 1 rings (SSSR count). The van der Waals surface area contributed by atoms with Crippen LogP contribution in [0.1, 0.15) is 38.7 Å². The third-order valence-electron chi connectivity index (χ3n) is 3.76. The van der Waals surface area contributed by atoms with Gasteiger partial charge < -0.3 is 11.1 Å². The maximum absolute atomic E-state index is 5.84. The molecule has 1 atom stereocenters. The van der Waals surface area contributed by atoms with Gasteiger partial charge in [-0.1, -0.05) is 57.0 Å². The van der Waals surface area contributed by atoms with Crippen molar-refractivity contribution in [1.29, 1.82) is 0 Å². The molecule has 1 aromatic rings. The zero-order chi connectivity index (χ0) is 13.2. The molecule has 0 saturated heterocycles. The number of aryl methyl sites for hydroxylation is 1. The van der Waals surface area contributed by atoms with Gasteiger partial charge in [0.05, 0.1) is 0 Å². The first kappa shape index (κ1) is 15.2. The smallest absolute Gasteiger partial charge is 0.0193 e. The van der Waals surface area contributed by atoms with Crippen LogP contribution >= 0.6 is 0 Å². The quantitative estimate of drug-likeness (QED) is 0.705. The van der Waals surface area contributed by atoms with Crippen molar-refractivity contribution >= 4 is 0 Å². The number of nitrogens with two attached hydrogens (primary N) is 1. The van der Waals surface area contributed by atoms with Gasteiger partial charge in [0.15, 0.2) is 0 Å². The van der Waals surface area contributed by atoms with Crippen LogP contribution in [0.2, 0.25) is 0 Å². The predicted molar refractivity (Wildman–Crippen MR) is 79.7 cm³/mol. The standard InChI is InChI=1S/C16H28N2/c1-3-14(4-2)13-18-16(12-17)11-10-15-8-6-5-7-9-15/h5-9,14,16,18H,3-4,10-13,17H2,1-2H3. The van der Waals surface area contributed by atoms with E-state index in [-0.39, 0.29) is 0 Å². The van der Waals surface area contributed by atoms with Crippen molar-refractivity contribution < 1.29 is 0 Å². The molecular weight excluding hydrogens is 220 g/mol. The Morgan fingerprint density at radius 2 is 1.78 bits per heavy atom. The van der Waals surface area contributed by atoms with E-state index in [0.29, 0.717) is 6.04 Å². The molecule has 1 aromatic carbocycles. The normalized spacial score (nSPS) is 12.9. The lowest BCUT2D eigenvalue weighted by atomic mass is 10.0. The number of rotatable bonds is 9. The highest BCUT2D eigenvalue weighted by atomic mass is 14.9. The maximum atomic E-state index is 5.84. The fraction of sp³-hybridized carbons (Fsp3) is 0.625. The molecule has 0 heterocycles. The van der Waals surface area contributed by atoms with Gasteiger partial charge in [0.25, 0.3) is 0 Å². The van der Waals surface area contributed by atoms with Crippen LogP contribution in [0.25, 0.3) is 0 Å². The average Bonchev–Trinajstić information content (AvgIpc) is 2.44. The van der Waals surface area contributed by atoms with E-state index in [2.05, 4.69) is 49.5 Å². The molecule has 18 heavy (non-hydrogen) atoms. The minimum Gasteiger partial charge on any atom is -0.329 e. The zero-order valence-corrected chi connectivity index (χ0v) is 11.9. The Morgan fingerprint density at radius 1 is 1.11 bits per heavy atom. The highest BCUT2D eigenvalue weighted by molar-refractivity contribution is 5.14. The van der Waals surface area contributed by atoms with Gasteiger partial charge in [0, 0.05) is 12.6 Å². The summed E-state index contributed by atoms with van der Waals surface area (Å²) in [5.74, 6) is 0.788. The van der Waals surface area contributed by atoms with Crippen LogP contribution in [-0.2, 0) is 6.42 Å². The van der Waals surface area contributed by atoms with E-state index in [1.807, 2.05) is 0 Å². The van der Waals surface area contributed by atoms with Gasteiger partial charge >= 0.3 is 0 Å². The van der Waals surface area contributed by atoms with Crippen molar-refractivity contribution in [3.05, 3.63) is 35.9 Å². The van der Waals surface area contributed by atoms with Crippen molar-refractivity contribution in [3.63, 3.8) is 0 Å². The molecule has 0 radical (unpaired) electrons. The van der Waals surface area contributed by atoms with E-state index >= 15 is 0 Å². The Morgan fingerprint density at radius 3 is 2.33 bits per heavy atom. The molecule has 0 aliphatic rings. The Bertz CT molecular complexity index is 293. The highest BCUT2D eigenvalue weighted by Gasteiger charge is 2.09. The highest BCUT2D eigenvalue weighted by Crippen LogP contribution is 2.08. The molecule has 3 N–H and O–H groups in total. The second-order valence-corrected chi connectivity index (χ2v) is 5.05. The molecule has 1 unspecified atom stereocenters. The van der Waals surface area contributed by atoms with Crippen LogP contribution < -0.4 is 11.1 Å². The van der Waals surface area contributed by atoms with Crippen LogP contribution in [0.15, 0.2) is 30.3 Å². The SMILES string of the molecule is CCC(CC)CNC(CN)CCc1ccccc1. The largest absolute Gasteiger partial charge is 0.329 e. The lowest BCUT2D eigenvalue weighted by Gasteiger charge is -2.20. The number of nitrogens with one attached hydrogen (secondary N) is 1. The Balaban J connectivity index is 2.29. The second-order valence-electron chi connectivity index (χ2n) is 5.05. The second kappa shape index (κ2) is 9.12. The first-order valence-electron chi connectivity index (χ1n) is 7.27. The van der Waals surface area contributed by atoms with Gasteiger partial charge in [0.2, 0.25) is 0 Å². The summed E-state index contributed by atoms with van der Waals surface area (Å²) < 4.78 is 0. The Kier molecular flexibility index (Phi) is 7.70. The molecule has 2 nitrogen and oxygen atoms in total. The number of hydrogen-bond donors (Lipinski definition) is 2. The predicted octanol–water partition coefficient (Wildman–Crippen LogP) is 2.97. The summed E-state index contributed by atoms with van der Waals surface area (Å²) in [6.07, 6.45) is 4.73. The van der Waals surface area contributed by atoms with Gasteiger partial charge in [-0.2, -0.15) is 0 Å². The number of benzene rings is 1. The van der Waals surface area contributed by atoms with Crippen molar-refractivity contribution in [1.82, 2.24) is 5.32 Å². The van der Waals surface area contributed by atoms with Gasteiger partial charge in [-0.15, -0.1) is 0 Å².